The van der Waals surface area contributed by atoms with Crippen LogP contribution in [0.25, 0.3) is 21.5 Å². The van der Waals surface area contributed by atoms with E-state index in [4.69, 9.17) is 19.7 Å². The summed E-state index contributed by atoms with van der Waals surface area (Å²) in [5.74, 6) is 1.42. The summed E-state index contributed by atoms with van der Waals surface area (Å²) in [5.41, 5.74) is 11.7. The second kappa shape index (κ2) is 30.7. The van der Waals surface area contributed by atoms with E-state index in [0.29, 0.717) is 86.8 Å². The van der Waals surface area contributed by atoms with Gasteiger partial charge in [0, 0.05) is 79.4 Å². The molecule has 5 aromatic rings. The Balaban J connectivity index is 0.710. The standard InChI is InChI=1S/C62H82N14O12S/c1-61(2,25-14-10-12-16-27-68-72-63)44-34-52(85-5)56(53(35-44)86-6)47-33-43(48-36-49(47)62(48,3)4)37-66-54(77)20-13-9-7-8-11-15-26-65-60(80)42-21-24-55(78)75(39-42)89(83,84)46-19-17-18-41(32-46)59(79)67-38-45-40-74(73-69-45)29-31-87-30-28-64-50-22-23-51(76(81)82)58-57(50)70-88-71-58/h17-19,21-24,32-35,39,45,47-49,64H,7-16,20,25-31,36-38,40H2,1-6H3,(H,65,80)(H,66,77)(H,67,79)/t45?,47-,48+,49-/m0/s1. The van der Waals surface area contributed by atoms with Crippen LogP contribution in [0.3, 0.4) is 0 Å². The van der Waals surface area contributed by atoms with Crippen LogP contribution in [-0.4, -0.2) is 130 Å². The van der Waals surface area contributed by atoms with Crippen LogP contribution >= 0.6 is 0 Å². The fraction of sp³-hybridized carbons (Fsp3) is 0.548. The van der Waals surface area contributed by atoms with E-state index in [0.717, 1.165) is 106 Å². The molecule has 3 aliphatic carbocycles. The lowest BCUT2D eigenvalue weighted by atomic mass is 9.45. The minimum absolute atomic E-state index is 0.0259. The molecule has 4 aliphatic rings. The van der Waals surface area contributed by atoms with Gasteiger partial charge in [-0.25, -0.2) is 17.0 Å². The van der Waals surface area contributed by atoms with Crippen LogP contribution in [0.1, 0.15) is 149 Å². The third-order valence-electron chi connectivity index (χ3n) is 17.5. The molecule has 26 nitrogen and oxygen atoms in total. The largest absolute Gasteiger partial charge is 0.496 e. The number of nitro groups is 1. The number of fused-ring (bicyclic) bond motifs is 2. The second-order valence-corrected chi connectivity index (χ2v) is 26.0. The number of benzene rings is 3. The first-order valence-corrected chi connectivity index (χ1v) is 32.0. The van der Waals surface area contributed by atoms with E-state index in [9.17, 15) is 37.7 Å². The van der Waals surface area contributed by atoms with Crippen molar-refractivity contribution in [2.24, 2.45) is 32.7 Å². The molecule has 2 aromatic heterocycles. The molecule has 1 aliphatic heterocycles. The fourth-order valence-corrected chi connectivity index (χ4v) is 13.5. The molecule has 3 heterocycles. The minimum Gasteiger partial charge on any atom is -0.496 e. The molecule has 1 unspecified atom stereocenters. The van der Waals surface area contributed by atoms with Gasteiger partial charge in [0.05, 0.1) is 61.6 Å². The number of methoxy groups -OCH3 is 2. The average molecular weight is 1250 g/mol. The highest BCUT2D eigenvalue weighted by molar-refractivity contribution is 7.90. The number of unbranched alkanes of at least 4 members (excludes halogenated alkanes) is 8. The Morgan fingerprint density at radius 1 is 0.876 bits per heavy atom. The van der Waals surface area contributed by atoms with E-state index in [2.05, 4.69) is 102 Å². The van der Waals surface area contributed by atoms with Crippen molar-refractivity contribution in [3.05, 3.63) is 132 Å². The highest BCUT2D eigenvalue weighted by atomic mass is 32.2. The zero-order chi connectivity index (χ0) is 63.7. The van der Waals surface area contributed by atoms with E-state index in [-0.39, 0.29) is 68.0 Å². The smallest absolute Gasteiger partial charge is 0.300 e. The normalized spacial score (nSPS) is 17.5. The van der Waals surface area contributed by atoms with E-state index < -0.39 is 32.3 Å². The van der Waals surface area contributed by atoms with Crippen LogP contribution in [0.2, 0.25) is 0 Å². The molecule has 3 amide bonds. The summed E-state index contributed by atoms with van der Waals surface area (Å²) in [6.07, 6.45) is 14.8. The lowest BCUT2D eigenvalue weighted by Gasteiger charge is -2.59. The maximum Gasteiger partial charge on any atom is 0.300 e. The van der Waals surface area contributed by atoms with Gasteiger partial charge in [0.25, 0.3) is 27.4 Å². The van der Waals surface area contributed by atoms with Gasteiger partial charge < -0.3 is 35.5 Å². The number of carbonyl (C=O) groups excluding carboxylic acids is 3. The van der Waals surface area contributed by atoms with Crippen molar-refractivity contribution in [3.8, 4) is 11.5 Å². The number of pyridine rings is 1. The summed E-state index contributed by atoms with van der Waals surface area (Å²) >= 11 is 0. The van der Waals surface area contributed by atoms with Gasteiger partial charge in [0.15, 0.2) is 5.52 Å². The molecule has 1 saturated carbocycles. The second-order valence-electron chi connectivity index (χ2n) is 24.1. The van der Waals surface area contributed by atoms with Crippen molar-refractivity contribution in [2.45, 2.75) is 133 Å². The van der Waals surface area contributed by atoms with Crippen molar-refractivity contribution in [3.63, 3.8) is 0 Å². The molecule has 0 spiro atoms. The molecular weight excluding hydrogens is 1160 g/mol. The molecule has 89 heavy (non-hydrogen) atoms. The molecular formula is C62H82N14O12S. The van der Waals surface area contributed by atoms with Crippen molar-refractivity contribution in [1.29, 1.82) is 0 Å². The number of anilines is 1. The predicted octanol–water partition coefficient (Wildman–Crippen LogP) is 9.96. The third-order valence-corrected chi connectivity index (χ3v) is 19.1. The van der Waals surface area contributed by atoms with Gasteiger partial charge in [0.1, 0.15) is 17.5 Å². The number of allylic oxidation sites excluding steroid dienone is 1. The number of ether oxygens (including phenoxy) is 3. The molecule has 1 fully saturated rings. The van der Waals surface area contributed by atoms with Gasteiger partial charge in [0.2, 0.25) is 11.4 Å². The number of nitrogens with one attached hydrogen (secondary N) is 4. The molecule has 4 atom stereocenters. The number of hydrogen-bond donors (Lipinski definition) is 4. The summed E-state index contributed by atoms with van der Waals surface area (Å²) in [5, 5.41) is 44.2. The Labute approximate surface area is 517 Å². The lowest BCUT2D eigenvalue weighted by Crippen LogP contribution is -2.52. The molecule has 27 heteroatoms. The third kappa shape index (κ3) is 16.7. The molecule has 0 saturated heterocycles. The van der Waals surface area contributed by atoms with E-state index in [1.807, 2.05) is 0 Å². The first kappa shape index (κ1) is 66.5. The van der Waals surface area contributed by atoms with Gasteiger partial charge in [-0.3, -0.25) is 34.3 Å². The topological polar surface area (TPSA) is 342 Å². The van der Waals surface area contributed by atoms with E-state index >= 15 is 0 Å². The number of non-ortho nitro benzene ring substituents is 1. The molecule has 2 bridgehead atoms. The van der Waals surface area contributed by atoms with Gasteiger partial charge >= 0.3 is 5.69 Å². The number of rotatable bonds is 36. The number of hydrogen-bond acceptors (Lipinski definition) is 19. The van der Waals surface area contributed by atoms with Gasteiger partial charge in [-0.05, 0) is 119 Å². The van der Waals surface area contributed by atoms with Crippen molar-refractivity contribution >= 4 is 50.2 Å². The first-order chi connectivity index (χ1) is 42.8. The minimum atomic E-state index is -4.53. The highest BCUT2D eigenvalue weighted by Crippen LogP contribution is 2.65. The zero-order valence-electron chi connectivity index (χ0n) is 51.6. The Morgan fingerprint density at radius 2 is 1.60 bits per heavy atom. The van der Waals surface area contributed by atoms with Crippen LogP contribution < -0.4 is 36.3 Å². The maximum atomic E-state index is 13.8. The van der Waals surface area contributed by atoms with Crippen LogP contribution in [-0.2, 0) is 25.0 Å². The monoisotopic (exact) mass is 1250 g/mol. The van der Waals surface area contributed by atoms with Crippen LogP contribution in [0, 0.1) is 27.4 Å². The van der Waals surface area contributed by atoms with Crippen molar-refractivity contribution in [1.82, 2.24) is 35.2 Å². The van der Waals surface area contributed by atoms with Crippen LogP contribution in [0.4, 0.5) is 11.4 Å². The van der Waals surface area contributed by atoms with Crippen LogP contribution in [0.5, 0.6) is 11.5 Å². The number of aromatic nitrogens is 3. The predicted molar refractivity (Wildman–Crippen MR) is 334 cm³/mol. The Hall–Kier alpha value is -8.42. The molecule has 478 valence electrons. The SMILES string of the molecule is COc1cc(C(C)(C)CCCCCCN=[N+]=[N-])cc(OC)c1[C@H]1C=C(CNC(=O)CCCCCCCCNC(=O)c2ccc(=O)n(S(=O)(=O)c3cccc(C(=O)NCC4CN(CCOCCNc5ccc([N+](=O)[O-])c6nonc56)N=N4)c3)c2)[C@H]2C[C@@H]1C2(C)C. The van der Waals surface area contributed by atoms with Gasteiger partial charge in [-0.2, -0.15) is 5.11 Å². The van der Waals surface area contributed by atoms with Crippen molar-refractivity contribution in [2.75, 3.05) is 78.6 Å². The number of azide groups is 1. The quantitative estimate of drug-likeness (QED) is 0.00551. The summed E-state index contributed by atoms with van der Waals surface area (Å²) in [6, 6.07) is 14.4. The molecule has 4 N–H and O–H groups in total. The fourth-order valence-electron chi connectivity index (χ4n) is 12.2. The summed E-state index contributed by atoms with van der Waals surface area (Å²) in [6.45, 7) is 12.4. The Kier molecular flexibility index (Phi) is 22.9. The molecule has 0 radical (unpaired) electrons. The maximum absolute atomic E-state index is 13.8. The number of amides is 3. The number of nitrogens with zero attached hydrogens (tertiary/aromatic N) is 10. The molecule has 9 rings (SSSR count). The Bertz CT molecular complexity index is 3590. The summed E-state index contributed by atoms with van der Waals surface area (Å²) in [4.78, 5) is 65.8. The summed E-state index contributed by atoms with van der Waals surface area (Å²) in [7, 11) is -1.08. The van der Waals surface area contributed by atoms with Crippen molar-refractivity contribution < 1.29 is 46.6 Å². The zero-order valence-corrected chi connectivity index (χ0v) is 52.4. The van der Waals surface area contributed by atoms with E-state index in [1.165, 1.54) is 47.5 Å². The highest BCUT2D eigenvalue weighted by Gasteiger charge is 2.56. The summed E-state index contributed by atoms with van der Waals surface area (Å²) < 4.78 is 50.8. The van der Waals surface area contributed by atoms with E-state index in [1.54, 1.807) is 19.2 Å². The van der Waals surface area contributed by atoms with Gasteiger partial charge in [-0.15, -0.1) is 0 Å². The molecule has 3 aromatic carbocycles. The average Bonchev–Trinajstić information content (AvgIpc) is 1.04. The lowest BCUT2D eigenvalue weighted by molar-refractivity contribution is -0.383. The van der Waals surface area contributed by atoms with Gasteiger partial charge in [-0.1, -0.05) is 101 Å². The number of carbonyl (C=O) groups is 3. The Morgan fingerprint density at radius 3 is 2.34 bits per heavy atom. The number of nitro benzene ring substituents is 1. The first-order valence-electron chi connectivity index (χ1n) is 30.5. The van der Waals surface area contributed by atoms with Crippen LogP contribution in [0.15, 0.2) is 108 Å².